The molecule has 0 bridgehead atoms. The SMILES string of the molecule is O=C(O)NC1C(O)OC(CO)C(O)C1O. The Hall–Kier alpha value is -0.930. The molecule has 1 heterocycles. The molecular formula is C7H13NO7. The van der Waals surface area contributed by atoms with Crippen LogP contribution in [0.15, 0.2) is 0 Å². The van der Waals surface area contributed by atoms with E-state index in [2.05, 4.69) is 0 Å². The van der Waals surface area contributed by atoms with Crippen molar-refractivity contribution in [3.05, 3.63) is 0 Å². The number of carbonyl (C=O) groups is 1. The third-order valence-corrected chi connectivity index (χ3v) is 2.19. The fourth-order valence-electron chi connectivity index (χ4n) is 1.40. The first-order valence-corrected chi connectivity index (χ1v) is 4.27. The van der Waals surface area contributed by atoms with Crippen molar-refractivity contribution in [2.75, 3.05) is 6.61 Å². The van der Waals surface area contributed by atoms with Crippen molar-refractivity contribution in [1.29, 1.82) is 0 Å². The summed E-state index contributed by atoms with van der Waals surface area (Å²) < 4.78 is 4.70. The van der Waals surface area contributed by atoms with Crippen LogP contribution in [0.2, 0.25) is 0 Å². The van der Waals surface area contributed by atoms with Crippen LogP contribution in [0.5, 0.6) is 0 Å². The van der Waals surface area contributed by atoms with E-state index in [1.807, 2.05) is 0 Å². The van der Waals surface area contributed by atoms with Gasteiger partial charge in [-0.1, -0.05) is 0 Å². The standard InChI is InChI=1S/C7H13NO7/c9-1-2-4(10)5(11)3(6(12)15-2)8-7(13)14/h2-6,8-12H,1H2,(H,13,14). The zero-order chi connectivity index (χ0) is 11.6. The number of hydrogen-bond acceptors (Lipinski definition) is 6. The molecule has 5 unspecified atom stereocenters. The highest BCUT2D eigenvalue weighted by Gasteiger charge is 2.44. The molecule has 1 fully saturated rings. The monoisotopic (exact) mass is 223 g/mol. The molecule has 1 saturated heterocycles. The van der Waals surface area contributed by atoms with Crippen molar-refractivity contribution in [1.82, 2.24) is 5.32 Å². The molecule has 0 radical (unpaired) electrons. The number of ether oxygens (including phenoxy) is 1. The number of aliphatic hydroxyl groups excluding tert-OH is 4. The Morgan fingerprint density at radius 1 is 1.27 bits per heavy atom. The zero-order valence-electron chi connectivity index (χ0n) is 7.65. The van der Waals surface area contributed by atoms with Gasteiger partial charge in [0.05, 0.1) is 6.61 Å². The Balaban J connectivity index is 2.70. The molecule has 5 atom stereocenters. The average Bonchev–Trinajstić information content (AvgIpc) is 2.18. The lowest BCUT2D eigenvalue weighted by Gasteiger charge is -2.39. The first-order valence-electron chi connectivity index (χ1n) is 4.27. The molecule has 15 heavy (non-hydrogen) atoms. The van der Waals surface area contributed by atoms with E-state index < -0.39 is 43.3 Å². The smallest absolute Gasteiger partial charge is 0.405 e. The fourth-order valence-corrected chi connectivity index (χ4v) is 1.40. The summed E-state index contributed by atoms with van der Waals surface area (Å²) in [6.07, 6.45) is -7.22. The van der Waals surface area contributed by atoms with Crippen molar-refractivity contribution in [3.63, 3.8) is 0 Å². The van der Waals surface area contributed by atoms with Gasteiger partial charge < -0.3 is 35.6 Å². The fraction of sp³-hybridized carbons (Fsp3) is 0.857. The second kappa shape index (κ2) is 4.73. The number of carboxylic acid groups (broad SMARTS) is 1. The molecule has 1 rings (SSSR count). The Kier molecular flexibility index (Phi) is 3.83. The maximum Gasteiger partial charge on any atom is 0.405 e. The minimum atomic E-state index is -1.61. The summed E-state index contributed by atoms with van der Waals surface area (Å²) in [6.45, 7) is -0.588. The summed E-state index contributed by atoms with van der Waals surface area (Å²) in [4.78, 5) is 10.3. The van der Waals surface area contributed by atoms with Gasteiger partial charge in [0.25, 0.3) is 0 Å². The summed E-state index contributed by atoms with van der Waals surface area (Å²) in [5, 5.41) is 47.0. The van der Waals surface area contributed by atoms with Gasteiger partial charge in [-0.25, -0.2) is 4.79 Å². The lowest BCUT2D eigenvalue weighted by Crippen LogP contribution is -2.64. The highest BCUT2D eigenvalue weighted by Crippen LogP contribution is 2.19. The molecule has 88 valence electrons. The Morgan fingerprint density at radius 2 is 1.87 bits per heavy atom. The van der Waals surface area contributed by atoms with Crippen molar-refractivity contribution < 1.29 is 35.1 Å². The molecule has 8 nitrogen and oxygen atoms in total. The van der Waals surface area contributed by atoms with Gasteiger partial charge in [-0.05, 0) is 0 Å². The van der Waals surface area contributed by atoms with Gasteiger partial charge in [-0.2, -0.15) is 0 Å². The van der Waals surface area contributed by atoms with Crippen LogP contribution in [0.3, 0.4) is 0 Å². The van der Waals surface area contributed by atoms with E-state index in [9.17, 15) is 20.1 Å². The summed E-state index contributed by atoms with van der Waals surface area (Å²) in [7, 11) is 0. The van der Waals surface area contributed by atoms with Crippen molar-refractivity contribution in [3.8, 4) is 0 Å². The topological polar surface area (TPSA) is 139 Å². The summed E-state index contributed by atoms with van der Waals surface area (Å²) in [6, 6.07) is -1.35. The van der Waals surface area contributed by atoms with E-state index in [4.69, 9.17) is 14.9 Å². The highest BCUT2D eigenvalue weighted by molar-refractivity contribution is 5.65. The number of rotatable bonds is 2. The normalized spacial score (nSPS) is 41.2. The van der Waals surface area contributed by atoms with E-state index in [0.717, 1.165) is 0 Å². The van der Waals surface area contributed by atoms with Gasteiger partial charge in [-0.3, -0.25) is 0 Å². The summed E-state index contributed by atoms with van der Waals surface area (Å²) in [5.41, 5.74) is 0. The molecule has 8 heteroatoms. The van der Waals surface area contributed by atoms with Gasteiger partial charge in [0, 0.05) is 0 Å². The molecule has 6 N–H and O–H groups in total. The number of nitrogens with one attached hydrogen (secondary N) is 1. The number of amides is 1. The first-order chi connectivity index (χ1) is 6.97. The minimum absolute atomic E-state index is 0.588. The van der Waals surface area contributed by atoms with E-state index in [-0.39, 0.29) is 0 Å². The Bertz CT molecular complexity index is 235. The molecule has 1 aliphatic rings. The van der Waals surface area contributed by atoms with E-state index in [0.29, 0.717) is 0 Å². The molecule has 0 saturated carbocycles. The number of aliphatic hydroxyl groups is 4. The Morgan fingerprint density at radius 3 is 2.33 bits per heavy atom. The number of hydrogen-bond donors (Lipinski definition) is 6. The van der Waals surface area contributed by atoms with Crippen LogP contribution in [-0.4, -0.2) is 68.9 Å². The predicted octanol–water partition coefficient (Wildman–Crippen LogP) is -2.95. The van der Waals surface area contributed by atoms with Gasteiger partial charge in [0.15, 0.2) is 6.29 Å². The largest absolute Gasteiger partial charge is 0.465 e. The van der Waals surface area contributed by atoms with Crippen LogP contribution >= 0.6 is 0 Å². The van der Waals surface area contributed by atoms with Crippen LogP contribution < -0.4 is 5.32 Å². The molecule has 0 aromatic carbocycles. The third kappa shape index (κ3) is 2.55. The quantitative estimate of drug-likeness (QED) is 0.294. The van der Waals surface area contributed by atoms with Crippen LogP contribution in [0.25, 0.3) is 0 Å². The van der Waals surface area contributed by atoms with E-state index in [1.165, 1.54) is 0 Å². The molecule has 1 amide bonds. The highest BCUT2D eigenvalue weighted by atomic mass is 16.6. The van der Waals surface area contributed by atoms with Crippen LogP contribution in [0, 0.1) is 0 Å². The molecule has 0 aromatic rings. The van der Waals surface area contributed by atoms with Crippen LogP contribution in [-0.2, 0) is 4.74 Å². The van der Waals surface area contributed by atoms with Crippen molar-refractivity contribution >= 4 is 6.09 Å². The van der Waals surface area contributed by atoms with E-state index in [1.54, 1.807) is 5.32 Å². The second-order valence-corrected chi connectivity index (χ2v) is 3.20. The zero-order valence-corrected chi connectivity index (χ0v) is 7.65. The van der Waals surface area contributed by atoms with Crippen LogP contribution in [0.1, 0.15) is 0 Å². The van der Waals surface area contributed by atoms with Crippen molar-refractivity contribution in [2.45, 2.75) is 30.6 Å². The molecule has 0 spiro atoms. The van der Waals surface area contributed by atoms with Gasteiger partial charge in [0.1, 0.15) is 24.4 Å². The van der Waals surface area contributed by atoms with Gasteiger partial charge in [-0.15, -0.1) is 0 Å². The summed E-state index contributed by atoms with van der Waals surface area (Å²) in [5.74, 6) is 0. The molecule has 1 aliphatic heterocycles. The first kappa shape index (κ1) is 12.1. The predicted molar refractivity (Wildman–Crippen MR) is 44.9 cm³/mol. The minimum Gasteiger partial charge on any atom is -0.465 e. The molecule has 0 aliphatic carbocycles. The lowest BCUT2D eigenvalue weighted by molar-refractivity contribution is -0.252. The maximum absolute atomic E-state index is 10.3. The molecular weight excluding hydrogens is 210 g/mol. The van der Waals surface area contributed by atoms with Gasteiger partial charge in [0.2, 0.25) is 0 Å². The maximum atomic E-state index is 10.3. The van der Waals surface area contributed by atoms with Crippen LogP contribution in [0.4, 0.5) is 4.79 Å². The Labute approximate surface area is 84.7 Å². The second-order valence-electron chi connectivity index (χ2n) is 3.20. The molecule has 0 aromatic heterocycles. The van der Waals surface area contributed by atoms with Crippen molar-refractivity contribution in [2.24, 2.45) is 0 Å². The lowest BCUT2D eigenvalue weighted by atomic mass is 9.97. The summed E-state index contributed by atoms with van der Waals surface area (Å²) >= 11 is 0. The average molecular weight is 223 g/mol. The van der Waals surface area contributed by atoms with Gasteiger partial charge >= 0.3 is 6.09 Å². The van der Waals surface area contributed by atoms with E-state index >= 15 is 0 Å². The third-order valence-electron chi connectivity index (χ3n) is 2.19.